The van der Waals surface area contributed by atoms with Crippen molar-refractivity contribution in [2.24, 2.45) is 0 Å². The van der Waals surface area contributed by atoms with Crippen LogP contribution in [0.15, 0.2) is 60.9 Å². The molecule has 1 heterocycles. The summed E-state index contributed by atoms with van der Waals surface area (Å²) in [6.45, 7) is 6.74. The van der Waals surface area contributed by atoms with E-state index in [1.807, 2.05) is 44.2 Å². The number of nitrogens with zero attached hydrogens (tertiary/aromatic N) is 1. The first-order valence-electron chi connectivity index (χ1n) is 8.64. The standard InChI is InChI=1S/C22H23N3O/c1-15-5-4-6-18(9-15)12-24-20-11-19(13-23-14-20)22(26)25-21-10-16(2)7-8-17(21)3/h4-11,13-14,24H,12H2,1-3H3,(H,25,26). The third-order valence-electron chi connectivity index (χ3n) is 4.22. The first-order valence-corrected chi connectivity index (χ1v) is 8.64. The van der Waals surface area contributed by atoms with E-state index in [1.165, 1.54) is 11.1 Å². The molecule has 1 aromatic heterocycles. The summed E-state index contributed by atoms with van der Waals surface area (Å²) in [6.07, 6.45) is 3.31. The van der Waals surface area contributed by atoms with Gasteiger partial charge >= 0.3 is 0 Å². The number of amides is 1. The highest BCUT2D eigenvalue weighted by Gasteiger charge is 2.09. The van der Waals surface area contributed by atoms with E-state index in [-0.39, 0.29) is 5.91 Å². The highest BCUT2D eigenvalue weighted by molar-refractivity contribution is 6.05. The van der Waals surface area contributed by atoms with Crippen LogP contribution in [0.1, 0.15) is 32.6 Å². The summed E-state index contributed by atoms with van der Waals surface area (Å²) in [5.41, 5.74) is 6.73. The van der Waals surface area contributed by atoms with Crippen molar-refractivity contribution in [3.8, 4) is 0 Å². The molecule has 0 spiro atoms. The van der Waals surface area contributed by atoms with Crippen LogP contribution < -0.4 is 10.6 Å². The number of anilines is 2. The van der Waals surface area contributed by atoms with Crippen LogP contribution in [0.5, 0.6) is 0 Å². The smallest absolute Gasteiger partial charge is 0.257 e. The number of pyridine rings is 1. The maximum Gasteiger partial charge on any atom is 0.257 e. The predicted molar refractivity (Wildman–Crippen MR) is 107 cm³/mol. The fourth-order valence-electron chi connectivity index (χ4n) is 2.75. The van der Waals surface area contributed by atoms with E-state index in [4.69, 9.17) is 0 Å². The minimum absolute atomic E-state index is 0.162. The number of hydrogen-bond acceptors (Lipinski definition) is 3. The first kappa shape index (κ1) is 17.7. The van der Waals surface area contributed by atoms with E-state index in [9.17, 15) is 4.79 Å². The number of carbonyl (C=O) groups excluding carboxylic acids is 1. The van der Waals surface area contributed by atoms with Crippen LogP contribution >= 0.6 is 0 Å². The average Bonchev–Trinajstić information content (AvgIpc) is 2.63. The molecule has 0 radical (unpaired) electrons. The second-order valence-corrected chi connectivity index (χ2v) is 6.58. The predicted octanol–water partition coefficient (Wildman–Crippen LogP) is 4.87. The second-order valence-electron chi connectivity index (χ2n) is 6.58. The van der Waals surface area contributed by atoms with Crippen LogP contribution in [0.3, 0.4) is 0 Å². The van der Waals surface area contributed by atoms with Crippen LogP contribution in [0.4, 0.5) is 11.4 Å². The van der Waals surface area contributed by atoms with Gasteiger partial charge in [0.15, 0.2) is 0 Å². The van der Waals surface area contributed by atoms with Crippen molar-refractivity contribution >= 4 is 17.3 Å². The molecule has 0 aliphatic rings. The molecule has 0 saturated carbocycles. The van der Waals surface area contributed by atoms with Gasteiger partial charge in [-0.2, -0.15) is 0 Å². The maximum atomic E-state index is 12.6. The van der Waals surface area contributed by atoms with Crippen molar-refractivity contribution in [2.75, 3.05) is 10.6 Å². The lowest BCUT2D eigenvalue weighted by Gasteiger charge is -2.11. The van der Waals surface area contributed by atoms with Gasteiger partial charge in [0.05, 0.1) is 11.3 Å². The molecule has 0 unspecified atom stereocenters. The number of hydrogen-bond donors (Lipinski definition) is 2. The molecular weight excluding hydrogens is 322 g/mol. The van der Waals surface area contributed by atoms with Gasteiger partial charge in [0.1, 0.15) is 0 Å². The number of benzene rings is 2. The number of carbonyl (C=O) groups is 1. The van der Waals surface area contributed by atoms with Gasteiger partial charge in [-0.3, -0.25) is 9.78 Å². The summed E-state index contributed by atoms with van der Waals surface area (Å²) in [4.78, 5) is 16.8. The second kappa shape index (κ2) is 7.83. The Morgan fingerprint density at radius 2 is 1.77 bits per heavy atom. The molecule has 4 heteroatoms. The van der Waals surface area contributed by atoms with Crippen LogP contribution in [0.25, 0.3) is 0 Å². The van der Waals surface area contributed by atoms with Gasteiger partial charge in [-0.05, 0) is 49.6 Å². The average molecular weight is 345 g/mol. The molecule has 3 aromatic rings. The fraction of sp³-hybridized carbons (Fsp3) is 0.182. The zero-order chi connectivity index (χ0) is 18.5. The van der Waals surface area contributed by atoms with Crippen molar-refractivity contribution in [1.29, 1.82) is 0 Å². The van der Waals surface area contributed by atoms with Crippen LogP contribution in [0.2, 0.25) is 0 Å². The van der Waals surface area contributed by atoms with E-state index in [0.29, 0.717) is 12.1 Å². The molecule has 0 aliphatic carbocycles. The summed E-state index contributed by atoms with van der Waals surface area (Å²) >= 11 is 0. The lowest BCUT2D eigenvalue weighted by atomic mass is 10.1. The lowest BCUT2D eigenvalue weighted by Crippen LogP contribution is -2.13. The van der Waals surface area contributed by atoms with Gasteiger partial charge in [0, 0.05) is 24.6 Å². The first-order chi connectivity index (χ1) is 12.5. The quantitative estimate of drug-likeness (QED) is 0.693. The van der Waals surface area contributed by atoms with Gasteiger partial charge in [-0.15, -0.1) is 0 Å². The topological polar surface area (TPSA) is 54.0 Å². The molecule has 3 rings (SSSR count). The Kier molecular flexibility index (Phi) is 5.32. The molecule has 0 aliphatic heterocycles. The molecule has 26 heavy (non-hydrogen) atoms. The Hall–Kier alpha value is -3.14. The van der Waals surface area contributed by atoms with Gasteiger partial charge in [0.2, 0.25) is 0 Å². The Bertz CT molecular complexity index is 934. The molecule has 0 atom stereocenters. The Labute approximate surface area is 154 Å². The summed E-state index contributed by atoms with van der Waals surface area (Å²) < 4.78 is 0. The van der Waals surface area contributed by atoms with Crippen molar-refractivity contribution in [1.82, 2.24) is 4.98 Å². The van der Waals surface area contributed by atoms with E-state index in [2.05, 4.69) is 40.7 Å². The van der Waals surface area contributed by atoms with Crippen molar-refractivity contribution < 1.29 is 4.79 Å². The lowest BCUT2D eigenvalue weighted by molar-refractivity contribution is 0.102. The highest BCUT2D eigenvalue weighted by atomic mass is 16.1. The Morgan fingerprint density at radius 1 is 0.962 bits per heavy atom. The molecular formula is C22H23N3O. The molecule has 132 valence electrons. The SMILES string of the molecule is Cc1cccc(CNc2cncc(C(=O)Nc3cc(C)ccc3C)c2)c1. The molecule has 2 aromatic carbocycles. The van der Waals surface area contributed by atoms with Crippen LogP contribution in [0, 0.1) is 20.8 Å². The summed E-state index contributed by atoms with van der Waals surface area (Å²) in [5, 5.41) is 6.29. The third-order valence-corrected chi connectivity index (χ3v) is 4.22. The Morgan fingerprint density at radius 3 is 2.58 bits per heavy atom. The summed E-state index contributed by atoms with van der Waals surface area (Å²) in [5.74, 6) is -0.162. The fourth-order valence-corrected chi connectivity index (χ4v) is 2.75. The van der Waals surface area contributed by atoms with E-state index in [0.717, 1.165) is 22.5 Å². The number of aromatic nitrogens is 1. The van der Waals surface area contributed by atoms with E-state index >= 15 is 0 Å². The van der Waals surface area contributed by atoms with Gasteiger partial charge in [-0.25, -0.2) is 0 Å². The van der Waals surface area contributed by atoms with Crippen molar-refractivity contribution in [2.45, 2.75) is 27.3 Å². The molecule has 0 saturated heterocycles. The summed E-state index contributed by atoms with van der Waals surface area (Å²) in [7, 11) is 0. The van der Waals surface area contributed by atoms with Gasteiger partial charge in [-0.1, -0.05) is 42.0 Å². The van der Waals surface area contributed by atoms with Crippen molar-refractivity contribution in [3.05, 3.63) is 88.7 Å². The molecule has 1 amide bonds. The minimum atomic E-state index is -0.162. The monoisotopic (exact) mass is 345 g/mol. The van der Waals surface area contributed by atoms with Gasteiger partial charge < -0.3 is 10.6 Å². The van der Waals surface area contributed by atoms with Gasteiger partial charge in [0.25, 0.3) is 5.91 Å². The zero-order valence-corrected chi connectivity index (χ0v) is 15.3. The number of rotatable bonds is 5. The Balaban J connectivity index is 1.70. The largest absolute Gasteiger partial charge is 0.380 e. The zero-order valence-electron chi connectivity index (χ0n) is 15.3. The number of aryl methyl sites for hydroxylation is 3. The number of nitrogens with one attached hydrogen (secondary N) is 2. The third kappa shape index (κ3) is 4.48. The highest BCUT2D eigenvalue weighted by Crippen LogP contribution is 2.18. The van der Waals surface area contributed by atoms with E-state index < -0.39 is 0 Å². The maximum absolute atomic E-state index is 12.6. The van der Waals surface area contributed by atoms with Crippen molar-refractivity contribution in [3.63, 3.8) is 0 Å². The van der Waals surface area contributed by atoms with Crippen LogP contribution in [-0.4, -0.2) is 10.9 Å². The van der Waals surface area contributed by atoms with Crippen LogP contribution in [-0.2, 0) is 6.54 Å². The minimum Gasteiger partial charge on any atom is -0.380 e. The van der Waals surface area contributed by atoms with E-state index in [1.54, 1.807) is 12.4 Å². The molecule has 0 bridgehead atoms. The summed E-state index contributed by atoms with van der Waals surface area (Å²) in [6, 6.07) is 16.2. The molecule has 4 nitrogen and oxygen atoms in total. The molecule has 0 fully saturated rings. The molecule has 2 N–H and O–H groups in total. The normalized spacial score (nSPS) is 10.4.